The predicted molar refractivity (Wildman–Crippen MR) is 123 cm³/mol. The van der Waals surface area contributed by atoms with Crippen LogP contribution in [0.5, 0.6) is 0 Å². The number of fused-ring (bicyclic) bond motifs is 1. The van der Waals surface area contributed by atoms with Crippen LogP contribution in [0.2, 0.25) is 0 Å². The standard InChI is InChI=1S/C23H26N4O5/c1-3-22(28)26-15(2)13-20(25-17-7-9-18(10-8-17)27(31)32)19-11-6-16(14-21(19)26)5-4-12-24-23(29)30/h4-11,14-15,20,24-25H,3,12-13H2,1-2H3,(H,29,30)/b5-4+. The van der Waals surface area contributed by atoms with Gasteiger partial charge >= 0.3 is 6.09 Å². The first-order valence-corrected chi connectivity index (χ1v) is 10.4. The normalized spacial score (nSPS) is 17.6. The van der Waals surface area contributed by atoms with E-state index in [-0.39, 0.29) is 30.2 Å². The smallest absolute Gasteiger partial charge is 0.404 e. The van der Waals surface area contributed by atoms with Gasteiger partial charge in [0.2, 0.25) is 5.91 Å². The largest absolute Gasteiger partial charge is 0.465 e. The van der Waals surface area contributed by atoms with Crippen molar-refractivity contribution in [2.75, 3.05) is 16.8 Å². The zero-order valence-electron chi connectivity index (χ0n) is 17.9. The summed E-state index contributed by atoms with van der Waals surface area (Å²) in [6, 6.07) is 12.0. The minimum Gasteiger partial charge on any atom is -0.465 e. The molecule has 32 heavy (non-hydrogen) atoms. The number of nitro groups is 1. The van der Waals surface area contributed by atoms with Crippen LogP contribution in [0.4, 0.5) is 21.9 Å². The molecule has 3 rings (SSSR count). The highest BCUT2D eigenvalue weighted by atomic mass is 16.6. The van der Waals surface area contributed by atoms with Crippen molar-refractivity contribution in [3.05, 3.63) is 69.8 Å². The highest BCUT2D eigenvalue weighted by Crippen LogP contribution is 2.40. The summed E-state index contributed by atoms with van der Waals surface area (Å²) in [4.78, 5) is 35.6. The third-order valence-corrected chi connectivity index (χ3v) is 5.38. The Labute approximate surface area is 185 Å². The van der Waals surface area contributed by atoms with E-state index in [1.54, 1.807) is 18.2 Å². The van der Waals surface area contributed by atoms with Crippen molar-refractivity contribution >= 4 is 35.1 Å². The van der Waals surface area contributed by atoms with Gasteiger partial charge in [-0.05, 0) is 42.7 Å². The van der Waals surface area contributed by atoms with Gasteiger partial charge in [0.15, 0.2) is 0 Å². The molecule has 9 nitrogen and oxygen atoms in total. The SMILES string of the molecule is CCC(=O)N1c2cc(/C=C/CNC(=O)O)ccc2C(Nc2ccc([N+](=O)[O-])cc2)CC1C. The van der Waals surface area contributed by atoms with Gasteiger partial charge in [-0.1, -0.05) is 31.2 Å². The molecule has 3 N–H and O–H groups in total. The van der Waals surface area contributed by atoms with E-state index in [1.165, 1.54) is 12.1 Å². The number of carboxylic acid groups (broad SMARTS) is 1. The molecule has 9 heteroatoms. The Morgan fingerprint density at radius 3 is 2.59 bits per heavy atom. The van der Waals surface area contributed by atoms with Gasteiger partial charge in [0, 0.05) is 42.5 Å². The lowest BCUT2D eigenvalue weighted by molar-refractivity contribution is -0.384. The predicted octanol–water partition coefficient (Wildman–Crippen LogP) is 4.56. The number of rotatable bonds is 7. The number of carbonyl (C=O) groups is 2. The Bertz CT molecular complexity index is 1040. The summed E-state index contributed by atoms with van der Waals surface area (Å²) >= 11 is 0. The van der Waals surface area contributed by atoms with Crippen molar-refractivity contribution in [2.45, 2.75) is 38.8 Å². The molecular weight excluding hydrogens is 412 g/mol. The summed E-state index contributed by atoms with van der Waals surface area (Å²) in [6.45, 7) is 4.02. The van der Waals surface area contributed by atoms with E-state index < -0.39 is 11.0 Å². The molecule has 0 saturated heterocycles. The minimum atomic E-state index is -1.09. The summed E-state index contributed by atoms with van der Waals surface area (Å²) in [5.41, 5.74) is 3.42. The molecule has 0 bridgehead atoms. The fourth-order valence-electron chi connectivity index (χ4n) is 3.89. The number of nitrogens with one attached hydrogen (secondary N) is 2. The van der Waals surface area contributed by atoms with E-state index in [9.17, 15) is 19.7 Å². The molecule has 2 aromatic carbocycles. The molecule has 2 amide bonds. The van der Waals surface area contributed by atoms with Crippen LogP contribution in [0.1, 0.15) is 43.9 Å². The van der Waals surface area contributed by atoms with Crippen LogP contribution < -0.4 is 15.5 Å². The molecule has 2 aromatic rings. The molecule has 0 saturated carbocycles. The number of carbonyl (C=O) groups excluding carboxylic acids is 1. The summed E-state index contributed by atoms with van der Waals surface area (Å²) in [7, 11) is 0. The van der Waals surface area contributed by atoms with Gasteiger partial charge in [0.1, 0.15) is 0 Å². The average Bonchev–Trinajstić information content (AvgIpc) is 2.76. The van der Waals surface area contributed by atoms with Gasteiger partial charge < -0.3 is 20.6 Å². The Kier molecular flexibility index (Phi) is 7.09. The maximum atomic E-state index is 12.7. The zero-order valence-corrected chi connectivity index (χ0v) is 17.9. The summed E-state index contributed by atoms with van der Waals surface area (Å²) in [6.07, 6.45) is 3.50. The van der Waals surface area contributed by atoms with Crippen molar-refractivity contribution in [1.82, 2.24) is 5.32 Å². The first-order valence-electron chi connectivity index (χ1n) is 10.4. The number of benzene rings is 2. The van der Waals surface area contributed by atoms with E-state index in [2.05, 4.69) is 10.6 Å². The second kappa shape index (κ2) is 9.95. The molecular formula is C23H26N4O5. The molecule has 1 aliphatic rings. The number of hydrogen-bond donors (Lipinski definition) is 3. The van der Waals surface area contributed by atoms with Gasteiger partial charge in [0.25, 0.3) is 5.69 Å². The van der Waals surface area contributed by atoms with Crippen LogP contribution in [-0.2, 0) is 4.79 Å². The number of non-ortho nitro benzene ring substituents is 1. The molecule has 2 unspecified atom stereocenters. The molecule has 2 atom stereocenters. The van der Waals surface area contributed by atoms with Crippen molar-refractivity contribution in [2.24, 2.45) is 0 Å². The minimum absolute atomic E-state index is 0.0289. The lowest BCUT2D eigenvalue weighted by atomic mass is 9.90. The number of nitrogens with zero attached hydrogens (tertiary/aromatic N) is 2. The van der Waals surface area contributed by atoms with Crippen LogP contribution in [0.25, 0.3) is 6.08 Å². The summed E-state index contributed by atoms with van der Waals surface area (Å²) < 4.78 is 0. The third kappa shape index (κ3) is 5.23. The molecule has 168 valence electrons. The van der Waals surface area contributed by atoms with E-state index in [1.807, 2.05) is 43.0 Å². The highest BCUT2D eigenvalue weighted by molar-refractivity contribution is 5.95. The first-order chi connectivity index (χ1) is 15.3. The van der Waals surface area contributed by atoms with Gasteiger partial charge in [0.05, 0.1) is 11.0 Å². The Morgan fingerprint density at radius 1 is 1.25 bits per heavy atom. The van der Waals surface area contributed by atoms with Crippen LogP contribution in [-0.4, -0.2) is 34.6 Å². The maximum absolute atomic E-state index is 12.7. The second-order valence-corrected chi connectivity index (χ2v) is 7.61. The maximum Gasteiger partial charge on any atom is 0.404 e. The fourth-order valence-corrected chi connectivity index (χ4v) is 3.89. The van der Waals surface area contributed by atoms with Gasteiger partial charge in [-0.25, -0.2) is 4.79 Å². The number of amides is 2. The van der Waals surface area contributed by atoms with E-state index in [4.69, 9.17) is 5.11 Å². The van der Waals surface area contributed by atoms with E-state index >= 15 is 0 Å². The quantitative estimate of drug-likeness (QED) is 0.430. The van der Waals surface area contributed by atoms with Crippen molar-refractivity contribution in [3.63, 3.8) is 0 Å². The summed E-state index contributed by atoms with van der Waals surface area (Å²) in [5, 5.41) is 25.3. The Hall–Kier alpha value is -3.88. The molecule has 0 radical (unpaired) electrons. The zero-order chi connectivity index (χ0) is 23.3. The molecule has 0 aliphatic carbocycles. The molecule has 0 fully saturated rings. The third-order valence-electron chi connectivity index (χ3n) is 5.38. The number of hydrogen-bond acceptors (Lipinski definition) is 5. The lowest BCUT2D eigenvalue weighted by Gasteiger charge is -2.40. The van der Waals surface area contributed by atoms with Gasteiger partial charge in [-0.2, -0.15) is 0 Å². The fraction of sp³-hybridized carbons (Fsp3) is 0.304. The molecule has 0 spiro atoms. The summed E-state index contributed by atoms with van der Waals surface area (Å²) in [5.74, 6) is 0.0289. The first kappa shape index (κ1) is 22.8. The van der Waals surface area contributed by atoms with Crippen LogP contribution in [0, 0.1) is 10.1 Å². The average molecular weight is 438 g/mol. The number of anilines is 2. The van der Waals surface area contributed by atoms with Crippen molar-refractivity contribution in [3.8, 4) is 0 Å². The molecule has 1 heterocycles. The van der Waals surface area contributed by atoms with E-state index in [0.29, 0.717) is 12.8 Å². The van der Waals surface area contributed by atoms with Crippen LogP contribution in [0.15, 0.2) is 48.5 Å². The van der Waals surface area contributed by atoms with Crippen molar-refractivity contribution in [1.29, 1.82) is 0 Å². The monoisotopic (exact) mass is 438 g/mol. The van der Waals surface area contributed by atoms with Crippen LogP contribution in [0.3, 0.4) is 0 Å². The molecule has 0 aromatic heterocycles. The second-order valence-electron chi connectivity index (χ2n) is 7.61. The van der Waals surface area contributed by atoms with Gasteiger partial charge in [-0.3, -0.25) is 14.9 Å². The Morgan fingerprint density at radius 2 is 1.97 bits per heavy atom. The lowest BCUT2D eigenvalue weighted by Crippen LogP contribution is -2.44. The van der Waals surface area contributed by atoms with Crippen LogP contribution >= 0.6 is 0 Å². The number of nitro benzene ring substituents is 1. The topological polar surface area (TPSA) is 125 Å². The Balaban J connectivity index is 1.91. The molecule has 1 aliphatic heterocycles. The van der Waals surface area contributed by atoms with Gasteiger partial charge in [-0.15, -0.1) is 0 Å². The van der Waals surface area contributed by atoms with E-state index in [0.717, 1.165) is 22.5 Å². The van der Waals surface area contributed by atoms with Crippen molar-refractivity contribution < 1.29 is 19.6 Å². The highest BCUT2D eigenvalue weighted by Gasteiger charge is 2.33.